The Bertz CT molecular complexity index is 3160. The monoisotopic (exact) mass is 756 g/mol. The van der Waals surface area contributed by atoms with E-state index >= 15 is 0 Å². The number of nitrogens with zero attached hydrogens (tertiary/aromatic N) is 2. The predicted octanol–water partition coefficient (Wildman–Crippen LogP) is 15.4. The molecule has 9 aromatic carbocycles. The largest absolute Gasteiger partial charge is 0.436 e. The molecular formula is C56H40N2O. The van der Waals surface area contributed by atoms with Crippen LogP contribution in [0.1, 0.15) is 25.0 Å². The van der Waals surface area contributed by atoms with Crippen molar-refractivity contribution in [3.05, 3.63) is 217 Å². The summed E-state index contributed by atoms with van der Waals surface area (Å²) < 4.78 is 6.68. The molecule has 1 heterocycles. The van der Waals surface area contributed by atoms with E-state index in [1.165, 1.54) is 44.2 Å². The van der Waals surface area contributed by atoms with Gasteiger partial charge in [0.05, 0.1) is 5.69 Å². The highest BCUT2D eigenvalue weighted by molar-refractivity contribution is 6.08. The van der Waals surface area contributed by atoms with Gasteiger partial charge in [0.25, 0.3) is 0 Å². The van der Waals surface area contributed by atoms with Gasteiger partial charge < -0.3 is 9.32 Å². The average molecular weight is 757 g/mol. The average Bonchev–Trinajstić information content (AvgIpc) is 3.83. The smallest absolute Gasteiger partial charge is 0.228 e. The highest BCUT2D eigenvalue weighted by Gasteiger charge is 2.36. The van der Waals surface area contributed by atoms with E-state index in [1.54, 1.807) is 0 Å². The summed E-state index contributed by atoms with van der Waals surface area (Å²) in [6.45, 7) is 4.69. The van der Waals surface area contributed by atoms with Gasteiger partial charge in [0, 0.05) is 27.9 Å². The lowest BCUT2D eigenvalue weighted by atomic mass is 9.82. The van der Waals surface area contributed by atoms with Crippen LogP contribution >= 0.6 is 0 Å². The van der Waals surface area contributed by atoms with Crippen LogP contribution in [0.5, 0.6) is 0 Å². The molecule has 1 aliphatic carbocycles. The van der Waals surface area contributed by atoms with Crippen LogP contribution in [0, 0.1) is 0 Å². The van der Waals surface area contributed by atoms with Crippen LogP contribution in [0.4, 0.5) is 17.1 Å². The van der Waals surface area contributed by atoms with Crippen molar-refractivity contribution in [1.29, 1.82) is 0 Å². The minimum Gasteiger partial charge on any atom is -0.436 e. The van der Waals surface area contributed by atoms with Gasteiger partial charge >= 0.3 is 0 Å². The summed E-state index contributed by atoms with van der Waals surface area (Å²) in [6.07, 6.45) is 0. The predicted molar refractivity (Wildman–Crippen MR) is 246 cm³/mol. The van der Waals surface area contributed by atoms with Crippen LogP contribution in [0.3, 0.4) is 0 Å². The summed E-state index contributed by atoms with van der Waals surface area (Å²) in [5, 5.41) is 2.37. The Kier molecular flexibility index (Phi) is 8.16. The Balaban J connectivity index is 1.18. The Morgan fingerprint density at radius 1 is 0.424 bits per heavy atom. The maximum absolute atomic E-state index is 6.68. The molecule has 11 rings (SSSR count). The molecule has 0 spiro atoms. The fourth-order valence-electron chi connectivity index (χ4n) is 9.28. The molecule has 1 aromatic heterocycles. The van der Waals surface area contributed by atoms with E-state index in [-0.39, 0.29) is 5.41 Å². The number of hydrogen-bond acceptors (Lipinski definition) is 3. The molecule has 0 saturated heterocycles. The number of rotatable bonds is 7. The Hall–Kier alpha value is -7.49. The van der Waals surface area contributed by atoms with Gasteiger partial charge in [-0.3, -0.25) is 0 Å². The molecule has 59 heavy (non-hydrogen) atoms. The van der Waals surface area contributed by atoms with Gasteiger partial charge in [-0.2, -0.15) is 0 Å². The van der Waals surface area contributed by atoms with Crippen molar-refractivity contribution in [3.63, 3.8) is 0 Å². The van der Waals surface area contributed by atoms with E-state index in [9.17, 15) is 0 Å². The van der Waals surface area contributed by atoms with Crippen molar-refractivity contribution in [3.8, 4) is 56.0 Å². The van der Waals surface area contributed by atoms with Gasteiger partial charge in [-0.1, -0.05) is 178 Å². The molecule has 1 aliphatic rings. The highest BCUT2D eigenvalue weighted by Crippen LogP contribution is 2.52. The molecule has 0 amide bonds. The number of fused-ring (bicyclic) bond motifs is 5. The molecule has 0 unspecified atom stereocenters. The van der Waals surface area contributed by atoms with Gasteiger partial charge in [0.15, 0.2) is 5.58 Å². The fraction of sp³-hybridized carbons (Fsp3) is 0.0536. The molecule has 0 N–H and O–H groups in total. The van der Waals surface area contributed by atoms with Crippen molar-refractivity contribution >= 4 is 38.9 Å². The van der Waals surface area contributed by atoms with Crippen molar-refractivity contribution in [2.75, 3.05) is 4.90 Å². The first-order valence-corrected chi connectivity index (χ1v) is 20.3. The normalized spacial score (nSPS) is 12.7. The van der Waals surface area contributed by atoms with Gasteiger partial charge in [-0.25, -0.2) is 4.98 Å². The van der Waals surface area contributed by atoms with E-state index < -0.39 is 0 Å². The molecule has 3 nitrogen and oxygen atoms in total. The van der Waals surface area contributed by atoms with Gasteiger partial charge in [-0.15, -0.1) is 0 Å². The van der Waals surface area contributed by atoms with Crippen LogP contribution in [0.15, 0.2) is 211 Å². The lowest BCUT2D eigenvalue weighted by molar-refractivity contribution is 0.620. The van der Waals surface area contributed by atoms with E-state index in [4.69, 9.17) is 9.40 Å². The number of anilines is 3. The van der Waals surface area contributed by atoms with Gasteiger partial charge in [0.2, 0.25) is 5.89 Å². The zero-order valence-electron chi connectivity index (χ0n) is 32.9. The quantitative estimate of drug-likeness (QED) is 0.162. The molecule has 0 saturated carbocycles. The summed E-state index contributed by atoms with van der Waals surface area (Å²) in [5.74, 6) is 0.582. The second-order valence-corrected chi connectivity index (χ2v) is 15.9. The number of benzene rings is 9. The van der Waals surface area contributed by atoms with Gasteiger partial charge in [0.1, 0.15) is 5.52 Å². The maximum Gasteiger partial charge on any atom is 0.228 e. The minimum atomic E-state index is -0.162. The van der Waals surface area contributed by atoms with E-state index in [2.05, 4.69) is 201 Å². The zero-order chi connectivity index (χ0) is 39.5. The van der Waals surface area contributed by atoms with Crippen LogP contribution in [-0.4, -0.2) is 4.98 Å². The Morgan fingerprint density at radius 3 is 1.76 bits per heavy atom. The Labute approximate surface area is 344 Å². The van der Waals surface area contributed by atoms with Crippen LogP contribution in [0.2, 0.25) is 0 Å². The topological polar surface area (TPSA) is 29.3 Å². The number of aromatic nitrogens is 1. The van der Waals surface area contributed by atoms with Crippen molar-refractivity contribution < 1.29 is 4.42 Å². The van der Waals surface area contributed by atoms with Crippen molar-refractivity contribution in [2.45, 2.75) is 19.3 Å². The molecule has 0 radical (unpaired) electrons. The van der Waals surface area contributed by atoms with Crippen molar-refractivity contribution in [1.82, 2.24) is 4.98 Å². The summed E-state index contributed by atoms with van der Waals surface area (Å²) in [4.78, 5) is 7.56. The van der Waals surface area contributed by atoms with E-state index in [0.717, 1.165) is 56.0 Å². The molecule has 10 aromatic rings. The number of hydrogen-bond donors (Lipinski definition) is 0. The second-order valence-electron chi connectivity index (χ2n) is 15.9. The SMILES string of the molecule is CC1(C)c2ccccc2-c2ccc(N(c3ccc(-c4cccc5cccc(-c6ccccc6)c45)c(-c4nc5ccccc5o4)c3)c3ccccc3-c3ccccc3)cc21. The molecule has 280 valence electrons. The standard InChI is InChI=1S/C56H40N2O/c1-56(2)49-27-11-9-24-45(49)46-34-32-41(36-50(46)56)58(52-29-13-10-23-42(52)37-17-5-3-6-18-37)40-31-33-44(48(35-40)55-57-51-28-12-14-30-53(51)59-55)47-26-16-22-39-21-15-25-43(54(39)47)38-19-7-4-8-20-38/h3-36H,1-2H3. The third-order valence-corrected chi connectivity index (χ3v) is 12.1. The molecule has 0 fully saturated rings. The van der Waals surface area contributed by atoms with Gasteiger partial charge in [-0.05, 0) is 103 Å². The third kappa shape index (κ3) is 5.77. The first-order valence-electron chi connectivity index (χ1n) is 20.3. The lowest BCUT2D eigenvalue weighted by Gasteiger charge is -2.30. The molecule has 0 aliphatic heterocycles. The summed E-state index contributed by atoms with van der Waals surface area (Å²) in [7, 11) is 0. The molecule has 0 atom stereocenters. The molecule has 0 bridgehead atoms. The Morgan fingerprint density at radius 2 is 1.00 bits per heavy atom. The summed E-state index contributed by atoms with van der Waals surface area (Å²) >= 11 is 0. The lowest BCUT2D eigenvalue weighted by Crippen LogP contribution is -2.17. The summed E-state index contributed by atoms with van der Waals surface area (Å²) in [5.41, 5.74) is 17.6. The second kappa shape index (κ2) is 13.9. The minimum absolute atomic E-state index is 0.162. The number of oxazole rings is 1. The molecule has 3 heteroatoms. The first kappa shape index (κ1) is 34.7. The molecular weight excluding hydrogens is 717 g/mol. The van der Waals surface area contributed by atoms with Crippen LogP contribution < -0.4 is 4.90 Å². The maximum atomic E-state index is 6.68. The van der Waals surface area contributed by atoms with E-state index in [1.807, 2.05) is 24.3 Å². The fourth-order valence-corrected chi connectivity index (χ4v) is 9.28. The summed E-state index contributed by atoms with van der Waals surface area (Å²) in [6, 6.07) is 73.9. The zero-order valence-corrected chi connectivity index (χ0v) is 32.9. The van der Waals surface area contributed by atoms with Crippen molar-refractivity contribution in [2.24, 2.45) is 0 Å². The van der Waals surface area contributed by atoms with Crippen LogP contribution in [-0.2, 0) is 5.41 Å². The first-order chi connectivity index (χ1) is 29.0. The van der Waals surface area contributed by atoms with E-state index in [0.29, 0.717) is 5.89 Å². The highest BCUT2D eigenvalue weighted by atomic mass is 16.3. The third-order valence-electron chi connectivity index (χ3n) is 12.1. The van der Waals surface area contributed by atoms with Crippen LogP contribution in [0.25, 0.3) is 77.8 Å². The number of para-hydroxylation sites is 3.